The van der Waals surface area contributed by atoms with Crippen molar-refractivity contribution >= 4 is 20.0 Å². The molecule has 0 radical (unpaired) electrons. The van der Waals surface area contributed by atoms with E-state index in [-0.39, 0.29) is 0 Å². The van der Waals surface area contributed by atoms with Crippen molar-refractivity contribution in [3.63, 3.8) is 0 Å². The molecule has 0 aromatic carbocycles. The third kappa shape index (κ3) is 1.42. The highest BCUT2D eigenvalue weighted by atomic mass is 32.3. The first kappa shape index (κ1) is 12.6. The van der Waals surface area contributed by atoms with Crippen LogP contribution in [0.4, 0.5) is 22.0 Å². The summed E-state index contributed by atoms with van der Waals surface area (Å²) in [6.07, 6.45) is 0. The van der Waals surface area contributed by atoms with Crippen molar-refractivity contribution in [3.8, 4) is 0 Å². The van der Waals surface area contributed by atoms with Gasteiger partial charge >= 0.3 is 11.2 Å². The van der Waals surface area contributed by atoms with Crippen LogP contribution in [0, 0.1) is 0 Å². The van der Waals surface area contributed by atoms with E-state index in [0.29, 0.717) is 0 Å². The summed E-state index contributed by atoms with van der Waals surface area (Å²) in [5, 5.41) is -5.88. The van der Waals surface area contributed by atoms with Gasteiger partial charge in [-0.15, -0.1) is 0 Å². The summed E-state index contributed by atoms with van der Waals surface area (Å²) in [4.78, 5) is 0. The average molecular weight is 274 g/mol. The molecule has 1 heterocycles. The molecule has 1 atom stereocenters. The first-order valence-corrected chi connectivity index (χ1v) is 5.93. The van der Waals surface area contributed by atoms with E-state index < -0.39 is 36.7 Å². The van der Waals surface area contributed by atoms with Crippen molar-refractivity contribution in [1.29, 1.82) is 0 Å². The van der Waals surface area contributed by atoms with E-state index >= 15 is 0 Å². The molecular formula is C3HF5NO4S2-. The minimum absolute atomic E-state index is 1.42. The molecule has 0 N–H and O–H groups in total. The van der Waals surface area contributed by atoms with Crippen LogP contribution in [0.5, 0.6) is 0 Å². The summed E-state index contributed by atoms with van der Waals surface area (Å²) in [7, 11) is -12.1. The number of hydrogen-bond donors (Lipinski definition) is 0. The van der Waals surface area contributed by atoms with Crippen LogP contribution in [0.2, 0.25) is 0 Å². The number of nitrogens with zero attached hydrogens (tertiary/aromatic N) is 1. The summed E-state index contributed by atoms with van der Waals surface area (Å²) >= 11 is 0. The van der Waals surface area contributed by atoms with Gasteiger partial charge in [0.15, 0.2) is 10.0 Å². The van der Waals surface area contributed by atoms with Gasteiger partial charge in [0.2, 0.25) is 0 Å². The quantitative estimate of drug-likeness (QED) is 0.604. The van der Waals surface area contributed by atoms with Crippen molar-refractivity contribution in [1.82, 2.24) is 0 Å². The second kappa shape index (κ2) is 2.79. The standard InChI is InChI=1S/C3HF5NO4S2/c4-1-2(5,6)3(7,8)15(12,13)9-14(1,10)11/h1H/q-1. The Hall–Kier alpha value is -0.490. The first-order valence-electron chi connectivity index (χ1n) is 2.98. The van der Waals surface area contributed by atoms with Crippen LogP contribution in [-0.4, -0.2) is 33.5 Å². The summed E-state index contributed by atoms with van der Waals surface area (Å²) < 4.78 is 105. The lowest BCUT2D eigenvalue weighted by atomic mass is 10.4. The number of sulfonamides is 2. The van der Waals surface area contributed by atoms with Gasteiger partial charge in [-0.1, -0.05) is 0 Å². The lowest BCUT2D eigenvalue weighted by molar-refractivity contribution is -0.177. The topological polar surface area (TPSA) is 82.4 Å². The SMILES string of the molecule is O=S1(=O)[N-]S(=O)(=O)C(F)(F)C(F)(F)C1F. The molecule has 12 heteroatoms. The fourth-order valence-corrected chi connectivity index (χ4v) is 3.53. The Morgan fingerprint density at radius 2 is 1.40 bits per heavy atom. The zero-order chi connectivity index (χ0) is 12.3. The van der Waals surface area contributed by atoms with Gasteiger partial charge in [-0.25, -0.2) is 21.2 Å². The van der Waals surface area contributed by atoms with Crippen LogP contribution in [0.25, 0.3) is 4.13 Å². The van der Waals surface area contributed by atoms with E-state index in [4.69, 9.17) is 0 Å². The van der Waals surface area contributed by atoms with Crippen LogP contribution >= 0.6 is 0 Å². The molecule has 0 amide bonds. The molecule has 1 unspecified atom stereocenters. The van der Waals surface area contributed by atoms with E-state index in [1.54, 1.807) is 0 Å². The molecule has 0 aromatic rings. The lowest BCUT2D eigenvalue weighted by Gasteiger charge is -2.40. The van der Waals surface area contributed by atoms with Gasteiger partial charge in [0.25, 0.3) is 5.50 Å². The fraction of sp³-hybridized carbons (Fsp3) is 1.00. The Morgan fingerprint density at radius 1 is 1.00 bits per heavy atom. The van der Waals surface area contributed by atoms with Gasteiger partial charge in [0.05, 0.1) is 0 Å². The van der Waals surface area contributed by atoms with Gasteiger partial charge in [-0.2, -0.15) is 17.6 Å². The zero-order valence-electron chi connectivity index (χ0n) is 6.36. The molecule has 0 bridgehead atoms. The molecule has 1 aliphatic rings. The van der Waals surface area contributed by atoms with Gasteiger partial charge in [-0.3, -0.25) is 0 Å². The second-order valence-corrected chi connectivity index (χ2v) is 6.02. The second-order valence-electron chi connectivity index (χ2n) is 2.52. The lowest BCUT2D eigenvalue weighted by Crippen LogP contribution is -2.58. The Balaban J connectivity index is 3.55. The number of rotatable bonds is 0. The Morgan fingerprint density at radius 3 is 1.80 bits per heavy atom. The third-order valence-corrected chi connectivity index (χ3v) is 4.82. The largest absolute Gasteiger partial charge is 0.428 e. The Kier molecular flexibility index (Phi) is 2.34. The maximum absolute atomic E-state index is 12.4. The minimum atomic E-state index is -6.30. The predicted molar refractivity (Wildman–Crippen MR) is 36.0 cm³/mol. The van der Waals surface area contributed by atoms with Gasteiger partial charge < -0.3 is 4.13 Å². The molecule has 1 fully saturated rings. The van der Waals surface area contributed by atoms with Crippen molar-refractivity contribution in [2.24, 2.45) is 0 Å². The maximum Gasteiger partial charge on any atom is 0.395 e. The third-order valence-electron chi connectivity index (χ3n) is 1.46. The molecule has 1 saturated heterocycles. The van der Waals surface area contributed by atoms with Gasteiger partial charge in [-0.05, 0) is 0 Å². The van der Waals surface area contributed by atoms with E-state index in [9.17, 15) is 38.8 Å². The highest BCUT2D eigenvalue weighted by molar-refractivity contribution is 8.13. The molecule has 1 rings (SSSR count). The fourth-order valence-electron chi connectivity index (χ4n) is 0.712. The van der Waals surface area contributed by atoms with E-state index in [1.165, 1.54) is 4.13 Å². The summed E-state index contributed by atoms with van der Waals surface area (Å²) in [5.41, 5.74) is -4.39. The minimum Gasteiger partial charge on any atom is -0.428 e. The first-order chi connectivity index (χ1) is 6.36. The maximum atomic E-state index is 12.4. The van der Waals surface area contributed by atoms with E-state index in [0.717, 1.165) is 0 Å². The van der Waals surface area contributed by atoms with Crippen LogP contribution in [0.1, 0.15) is 0 Å². The smallest absolute Gasteiger partial charge is 0.395 e. The Bertz CT molecular complexity index is 480. The Labute approximate surface area is 80.4 Å². The molecule has 90 valence electrons. The molecule has 0 aliphatic carbocycles. The van der Waals surface area contributed by atoms with Gasteiger partial charge in [0.1, 0.15) is 10.0 Å². The van der Waals surface area contributed by atoms with E-state index in [2.05, 4.69) is 0 Å². The zero-order valence-corrected chi connectivity index (χ0v) is 8.00. The van der Waals surface area contributed by atoms with Crippen molar-refractivity contribution in [2.75, 3.05) is 0 Å². The predicted octanol–water partition coefficient (Wildman–Crippen LogP) is 0.557. The average Bonchev–Trinajstić information content (AvgIpc) is 1.98. The summed E-state index contributed by atoms with van der Waals surface area (Å²) in [6, 6.07) is 0. The molecule has 0 spiro atoms. The van der Waals surface area contributed by atoms with Crippen molar-refractivity contribution in [2.45, 2.75) is 16.7 Å². The van der Waals surface area contributed by atoms with Gasteiger partial charge in [0, 0.05) is 0 Å². The number of hydrogen-bond acceptors (Lipinski definition) is 4. The van der Waals surface area contributed by atoms with Crippen molar-refractivity contribution in [3.05, 3.63) is 4.13 Å². The molecule has 0 aromatic heterocycles. The highest BCUT2D eigenvalue weighted by Gasteiger charge is 2.72. The monoisotopic (exact) mass is 274 g/mol. The molecular weight excluding hydrogens is 273 g/mol. The van der Waals surface area contributed by atoms with Crippen LogP contribution in [-0.2, 0) is 20.0 Å². The number of alkyl halides is 5. The molecule has 15 heavy (non-hydrogen) atoms. The molecule has 5 nitrogen and oxygen atoms in total. The van der Waals surface area contributed by atoms with Crippen molar-refractivity contribution < 1.29 is 38.8 Å². The van der Waals surface area contributed by atoms with Crippen LogP contribution in [0.3, 0.4) is 0 Å². The number of halogens is 5. The highest BCUT2D eigenvalue weighted by Crippen LogP contribution is 2.51. The molecule has 1 aliphatic heterocycles. The van der Waals surface area contributed by atoms with E-state index in [1.807, 2.05) is 0 Å². The normalized spacial score (nSPS) is 35.9. The van der Waals surface area contributed by atoms with Crippen LogP contribution in [0.15, 0.2) is 0 Å². The summed E-state index contributed by atoms with van der Waals surface area (Å²) in [5.74, 6) is -5.87. The summed E-state index contributed by atoms with van der Waals surface area (Å²) in [6.45, 7) is 0. The molecule has 0 saturated carbocycles. The van der Waals surface area contributed by atoms with Crippen LogP contribution < -0.4 is 0 Å².